The third kappa shape index (κ3) is 4.62. The number of anilines is 2. The van der Waals surface area contributed by atoms with Gasteiger partial charge in [0, 0.05) is 23.7 Å². The first kappa shape index (κ1) is 21.2. The van der Waals surface area contributed by atoms with E-state index in [1.54, 1.807) is 18.2 Å². The van der Waals surface area contributed by atoms with Crippen LogP contribution in [0.15, 0.2) is 71.6 Å². The molecule has 10 heteroatoms. The maximum Gasteiger partial charge on any atom is 0.262 e. The number of thiazole rings is 1. The van der Waals surface area contributed by atoms with Crippen molar-refractivity contribution in [1.29, 1.82) is 0 Å². The van der Waals surface area contributed by atoms with Crippen molar-refractivity contribution in [2.45, 2.75) is 11.3 Å². The number of carbonyl (C=O) groups is 1. The Morgan fingerprint density at radius 1 is 0.939 bits per heavy atom. The van der Waals surface area contributed by atoms with Gasteiger partial charge >= 0.3 is 0 Å². The SMILES string of the molecule is O=C(Nc1nc2ccccc2s1)c1ccc(NS(=O)(=O)c2ccc3c(c2)OCCCO3)cc1. The molecule has 8 nitrogen and oxygen atoms in total. The maximum atomic E-state index is 12.8. The second kappa shape index (κ2) is 8.72. The minimum atomic E-state index is -3.85. The quantitative estimate of drug-likeness (QED) is 0.434. The Kier molecular flexibility index (Phi) is 5.61. The second-order valence-corrected chi connectivity index (χ2v) is 10.00. The Bertz CT molecular complexity index is 1400. The summed E-state index contributed by atoms with van der Waals surface area (Å²) in [4.78, 5) is 17.0. The number of nitrogens with zero attached hydrogens (tertiary/aromatic N) is 1. The summed E-state index contributed by atoms with van der Waals surface area (Å²) in [7, 11) is -3.85. The van der Waals surface area contributed by atoms with Crippen LogP contribution in [0.4, 0.5) is 10.8 Å². The summed E-state index contributed by atoms with van der Waals surface area (Å²) >= 11 is 1.39. The van der Waals surface area contributed by atoms with Crippen LogP contribution < -0.4 is 19.5 Å². The zero-order chi connectivity index (χ0) is 22.8. The van der Waals surface area contributed by atoms with Crippen molar-refractivity contribution in [2.75, 3.05) is 23.3 Å². The first-order valence-electron chi connectivity index (χ1n) is 10.2. The highest BCUT2D eigenvalue weighted by molar-refractivity contribution is 7.92. The van der Waals surface area contributed by atoms with Crippen molar-refractivity contribution in [1.82, 2.24) is 4.98 Å². The fraction of sp³-hybridized carbons (Fsp3) is 0.130. The van der Waals surface area contributed by atoms with E-state index in [1.165, 1.54) is 35.6 Å². The molecule has 0 unspecified atom stereocenters. The zero-order valence-corrected chi connectivity index (χ0v) is 18.9. The fourth-order valence-electron chi connectivity index (χ4n) is 3.31. The van der Waals surface area contributed by atoms with Crippen molar-refractivity contribution >= 4 is 48.3 Å². The van der Waals surface area contributed by atoms with Crippen LogP contribution in [0.5, 0.6) is 11.5 Å². The summed E-state index contributed by atoms with van der Waals surface area (Å²) in [5.74, 6) is 0.596. The van der Waals surface area contributed by atoms with Gasteiger partial charge in [0.1, 0.15) is 0 Å². The van der Waals surface area contributed by atoms with Crippen molar-refractivity contribution in [3.05, 3.63) is 72.3 Å². The third-order valence-corrected chi connectivity index (χ3v) is 7.27. The largest absolute Gasteiger partial charge is 0.490 e. The molecule has 2 N–H and O–H groups in total. The van der Waals surface area contributed by atoms with Crippen LogP contribution in [0.2, 0.25) is 0 Å². The second-order valence-electron chi connectivity index (χ2n) is 7.28. The smallest absolute Gasteiger partial charge is 0.262 e. The average Bonchev–Trinajstić information content (AvgIpc) is 3.06. The number of para-hydroxylation sites is 1. The summed E-state index contributed by atoms with van der Waals surface area (Å²) < 4.78 is 40.3. The van der Waals surface area contributed by atoms with Crippen molar-refractivity contribution in [3.8, 4) is 11.5 Å². The lowest BCUT2D eigenvalue weighted by molar-refractivity contribution is 0.102. The van der Waals surface area contributed by atoms with E-state index in [4.69, 9.17) is 9.47 Å². The van der Waals surface area contributed by atoms with Crippen LogP contribution in [0.25, 0.3) is 10.2 Å². The fourth-order valence-corrected chi connectivity index (χ4v) is 5.24. The minimum Gasteiger partial charge on any atom is -0.490 e. The molecular formula is C23H19N3O5S2. The number of nitrogens with one attached hydrogen (secondary N) is 2. The van der Waals surface area contributed by atoms with Crippen LogP contribution >= 0.6 is 11.3 Å². The number of hydrogen-bond acceptors (Lipinski definition) is 7. The van der Waals surface area contributed by atoms with Gasteiger partial charge in [-0.3, -0.25) is 14.8 Å². The summed E-state index contributed by atoms with van der Waals surface area (Å²) in [5.41, 5.74) is 1.53. The van der Waals surface area contributed by atoms with E-state index in [1.807, 2.05) is 24.3 Å². The van der Waals surface area contributed by atoms with E-state index >= 15 is 0 Å². The summed E-state index contributed by atoms with van der Waals surface area (Å²) in [6.45, 7) is 0.987. The molecule has 4 aromatic rings. The lowest BCUT2D eigenvalue weighted by Gasteiger charge is -2.12. The molecule has 0 spiro atoms. The molecule has 5 rings (SSSR count). The van der Waals surface area contributed by atoms with E-state index < -0.39 is 10.0 Å². The highest BCUT2D eigenvalue weighted by atomic mass is 32.2. The highest BCUT2D eigenvalue weighted by Crippen LogP contribution is 2.32. The standard InChI is InChI=1S/C23H19N3O5S2/c27-22(25-23-24-18-4-1-2-5-21(18)32-23)15-6-8-16(9-7-15)26-33(28,29)17-10-11-19-20(14-17)31-13-3-12-30-19/h1-2,4-11,14,26H,3,12-13H2,(H,24,25,27). The van der Waals surface area contributed by atoms with E-state index in [2.05, 4.69) is 15.0 Å². The van der Waals surface area contributed by atoms with E-state index in [9.17, 15) is 13.2 Å². The number of benzene rings is 3. The van der Waals surface area contributed by atoms with Crippen LogP contribution in [0.1, 0.15) is 16.8 Å². The van der Waals surface area contributed by atoms with Crippen LogP contribution in [-0.4, -0.2) is 32.5 Å². The summed E-state index contributed by atoms with van der Waals surface area (Å²) in [5, 5.41) is 3.28. The molecule has 1 amide bonds. The van der Waals surface area contributed by atoms with Gasteiger partial charge < -0.3 is 9.47 Å². The van der Waals surface area contributed by atoms with Gasteiger partial charge in [0.15, 0.2) is 16.6 Å². The molecule has 1 aromatic heterocycles. The van der Waals surface area contributed by atoms with Gasteiger partial charge in [-0.1, -0.05) is 23.5 Å². The number of sulfonamides is 1. The molecule has 33 heavy (non-hydrogen) atoms. The molecule has 2 heterocycles. The molecule has 0 aliphatic carbocycles. The predicted molar refractivity (Wildman–Crippen MR) is 127 cm³/mol. The number of fused-ring (bicyclic) bond motifs is 2. The molecule has 1 aliphatic heterocycles. The van der Waals surface area contributed by atoms with Crippen molar-refractivity contribution in [2.24, 2.45) is 0 Å². The Labute approximate surface area is 194 Å². The van der Waals surface area contributed by atoms with Gasteiger partial charge in [0.25, 0.3) is 15.9 Å². The number of ether oxygens (including phenoxy) is 2. The van der Waals surface area contributed by atoms with Gasteiger partial charge in [0.05, 0.1) is 28.3 Å². The van der Waals surface area contributed by atoms with Gasteiger partial charge in [0.2, 0.25) is 0 Å². The number of hydrogen-bond donors (Lipinski definition) is 2. The van der Waals surface area contributed by atoms with Gasteiger partial charge in [-0.2, -0.15) is 0 Å². The van der Waals surface area contributed by atoms with E-state index in [0.717, 1.165) is 16.6 Å². The molecule has 0 saturated heterocycles. The third-order valence-electron chi connectivity index (χ3n) is 4.94. The number of amides is 1. The first-order valence-corrected chi connectivity index (χ1v) is 12.5. The molecule has 1 aliphatic rings. The van der Waals surface area contributed by atoms with E-state index in [0.29, 0.717) is 41.1 Å². The summed E-state index contributed by atoms with van der Waals surface area (Å²) in [6, 6.07) is 18.3. The van der Waals surface area contributed by atoms with Crippen LogP contribution in [0.3, 0.4) is 0 Å². The van der Waals surface area contributed by atoms with Gasteiger partial charge in [-0.05, 0) is 48.5 Å². The minimum absolute atomic E-state index is 0.0596. The van der Waals surface area contributed by atoms with Crippen molar-refractivity contribution in [3.63, 3.8) is 0 Å². The van der Waals surface area contributed by atoms with Crippen LogP contribution in [0, 0.1) is 0 Å². The van der Waals surface area contributed by atoms with Gasteiger partial charge in [-0.25, -0.2) is 13.4 Å². The zero-order valence-electron chi connectivity index (χ0n) is 17.3. The Hall–Kier alpha value is -3.63. The van der Waals surface area contributed by atoms with Gasteiger partial charge in [-0.15, -0.1) is 0 Å². The number of aromatic nitrogens is 1. The monoisotopic (exact) mass is 481 g/mol. The molecule has 0 fully saturated rings. The Morgan fingerprint density at radius 2 is 1.70 bits per heavy atom. The molecule has 0 saturated carbocycles. The predicted octanol–water partition coefficient (Wildman–Crippen LogP) is 4.51. The van der Waals surface area contributed by atoms with Crippen LogP contribution in [-0.2, 0) is 10.0 Å². The summed E-state index contributed by atoms with van der Waals surface area (Å²) in [6.07, 6.45) is 0.730. The Morgan fingerprint density at radius 3 is 2.48 bits per heavy atom. The molecule has 168 valence electrons. The first-order chi connectivity index (χ1) is 16.0. The van der Waals surface area contributed by atoms with Crippen molar-refractivity contribution < 1.29 is 22.7 Å². The average molecular weight is 482 g/mol. The molecule has 0 atom stereocenters. The normalized spacial score (nSPS) is 13.3. The maximum absolute atomic E-state index is 12.8. The lowest BCUT2D eigenvalue weighted by Crippen LogP contribution is -2.14. The molecule has 0 bridgehead atoms. The van der Waals surface area contributed by atoms with E-state index in [-0.39, 0.29) is 10.8 Å². The number of rotatable bonds is 5. The topological polar surface area (TPSA) is 107 Å². The number of carbonyl (C=O) groups excluding carboxylic acids is 1. The molecular weight excluding hydrogens is 462 g/mol. The Balaban J connectivity index is 1.29. The molecule has 0 radical (unpaired) electrons. The molecule has 3 aromatic carbocycles. The lowest BCUT2D eigenvalue weighted by atomic mass is 10.2. The highest BCUT2D eigenvalue weighted by Gasteiger charge is 2.19.